The van der Waals surface area contributed by atoms with Crippen molar-refractivity contribution in [3.63, 3.8) is 0 Å². The van der Waals surface area contributed by atoms with E-state index < -0.39 is 0 Å². The first-order chi connectivity index (χ1) is 9.56. The van der Waals surface area contributed by atoms with Gasteiger partial charge in [0, 0.05) is 17.8 Å². The van der Waals surface area contributed by atoms with Crippen LogP contribution in [0.4, 0.5) is 0 Å². The van der Waals surface area contributed by atoms with E-state index in [0.29, 0.717) is 11.3 Å². The monoisotopic (exact) mass is 305 g/mol. The summed E-state index contributed by atoms with van der Waals surface area (Å²) in [6.45, 7) is 1.97. The van der Waals surface area contributed by atoms with E-state index in [4.69, 9.17) is 18.0 Å². The van der Waals surface area contributed by atoms with Crippen LogP contribution in [0.2, 0.25) is 0 Å². The standard InChI is InChI=1S/C14H15N3OS2/c1-9(6-10-4-5-20-8-10)17-14(18)12-3-2-11(7-16-12)13(15)19/h2-5,7-9H,6H2,1H3,(H2,15,19)(H,17,18). The average molecular weight is 305 g/mol. The van der Waals surface area contributed by atoms with Gasteiger partial charge in [-0.1, -0.05) is 12.2 Å². The Morgan fingerprint density at radius 2 is 2.30 bits per heavy atom. The summed E-state index contributed by atoms with van der Waals surface area (Å²) in [5, 5.41) is 7.03. The van der Waals surface area contributed by atoms with Crippen LogP contribution in [0.25, 0.3) is 0 Å². The van der Waals surface area contributed by atoms with Gasteiger partial charge in [0.05, 0.1) is 0 Å². The molecule has 1 atom stereocenters. The Bertz CT molecular complexity index is 593. The van der Waals surface area contributed by atoms with Crippen molar-refractivity contribution in [2.45, 2.75) is 19.4 Å². The van der Waals surface area contributed by atoms with Gasteiger partial charge in [-0.3, -0.25) is 9.78 Å². The molecule has 0 aliphatic carbocycles. The molecule has 2 rings (SSSR count). The van der Waals surface area contributed by atoms with Gasteiger partial charge >= 0.3 is 0 Å². The van der Waals surface area contributed by atoms with Gasteiger partial charge in [-0.2, -0.15) is 11.3 Å². The van der Waals surface area contributed by atoms with Crippen molar-refractivity contribution in [1.82, 2.24) is 10.3 Å². The highest BCUT2D eigenvalue weighted by atomic mass is 32.1. The Hall–Kier alpha value is -1.79. The fourth-order valence-corrected chi connectivity index (χ4v) is 2.59. The second kappa shape index (κ2) is 6.58. The fourth-order valence-electron chi connectivity index (χ4n) is 1.79. The number of hydrogen-bond donors (Lipinski definition) is 2. The molecule has 104 valence electrons. The van der Waals surface area contributed by atoms with E-state index in [-0.39, 0.29) is 16.9 Å². The van der Waals surface area contributed by atoms with Gasteiger partial charge in [-0.15, -0.1) is 0 Å². The van der Waals surface area contributed by atoms with E-state index in [0.717, 1.165) is 6.42 Å². The SMILES string of the molecule is CC(Cc1ccsc1)NC(=O)c1ccc(C(N)=S)cn1. The second-order valence-corrected chi connectivity index (χ2v) is 5.73. The molecule has 1 amide bonds. The van der Waals surface area contributed by atoms with Gasteiger partial charge < -0.3 is 11.1 Å². The lowest BCUT2D eigenvalue weighted by Gasteiger charge is -2.12. The molecule has 0 saturated heterocycles. The predicted molar refractivity (Wildman–Crippen MR) is 85.1 cm³/mol. The van der Waals surface area contributed by atoms with Gasteiger partial charge in [0.25, 0.3) is 5.91 Å². The quantitative estimate of drug-likeness (QED) is 0.831. The number of rotatable bonds is 5. The number of nitrogens with zero attached hydrogens (tertiary/aromatic N) is 1. The lowest BCUT2D eigenvalue weighted by molar-refractivity contribution is 0.0935. The number of nitrogens with two attached hydrogens (primary N) is 1. The zero-order valence-corrected chi connectivity index (χ0v) is 12.6. The number of nitrogens with one attached hydrogen (secondary N) is 1. The molecule has 0 aliphatic rings. The maximum atomic E-state index is 12.0. The number of pyridine rings is 1. The van der Waals surface area contributed by atoms with Crippen LogP contribution in [-0.4, -0.2) is 21.9 Å². The highest BCUT2D eigenvalue weighted by molar-refractivity contribution is 7.80. The van der Waals surface area contributed by atoms with Crippen molar-refractivity contribution in [2.75, 3.05) is 0 Å². The topological polar surface area (TPSA) is 68.0 Å². The van der Waals surface area contributed by atoms with Crippen molar-refractivity contribution in [3.8, 4) is 0 Å². The van der Waals surface area contributed by atoms with Crippen molar-refractivity contribution >= 4 is 34.5 Å². The summed E-state index contributed by atoms with van der Waals surface area (Å²) >= 11 is 6.50. The molecule has 2 aromatic rings. The Balaban J connectivity index is 1.95. The summed E-state index contributed by atoms with van der Waals surface area (Å²) in [7, 11) is 0. The molecule has 2 heterocycles. The van der Waals surface area contributed by atoms with Crippen LogP contribution >= 0.6 is 23.6 Å². The molecule has 1 unspecified atom stereocenters. The van der Waals surface area contributed by atoms with Crippen LogP contribution in [0.3, 0.4) is 0 Å². The number of hydrogen-bond acceptors (Lipinski definition) is 4. The molecule has 0 spiro atoms. The van der Waals surface area contributed by atoms with E-state index in [9.17, 15) is 4.79 Å². The van der Waals surface area contributed by atoms with Crippen LogP contribution in [0, 0.1) is 0 Å². The number of carbonyl (C=O) groups is 1. The number of thiocarbonyl (C=S) groups is 1. The van der Waals surface area contributed by atoms with E-state index in [1.165, 1.54) is 11.8 Å². The van der Waals surface area contributed by atoms with Crippen LogP contribution in [-0.2, 0) is 6.42 Å². The lowest BCUT2D eigenvalue weighted by Crippen LogP contribution is -2.34. The predicted octanol–water partition coefficient (Wildman–Crippen LogP) is 2.14. The van der Waals surface area contributed by atoms with Crippen LogP contribution in [0.1, 0.15) is 28.5 Å². The Morgan fingerprint density at radius 3 is 2.85 bits per heavy atom. The van der Waals surface area contributed by atoms with E-state index >= 15 is 0 Å². The maximum absolute atomic E-state index is 12.0. The van der Waals surface area contributed by atoms with Gasteiger partial charge in [0.2, 0.25) is 0 Å². The summed E-state index contributed by atoms with van der Waals surface area (Å²) in [5.41, 5.74) is 7.73. The highest BCUT2D eigenvalue weighted by Crippen LogP contribution is 2.09. The van der Waals surface area contributed by atoms with Gasteiger partial charge in [-0.25, -0.2) is 0 Å². The molecule has 0 radical (unpaired) electrons. The van der Waals surface area contributed by atoms with Crippen molar-refractivity contribution in [3.05, 3.63) is 52.0 Å². The molecule has 20 heavy (non-hydrogen) atoms. The number of thiophene rings is 1. The second-order valence-electron chi connectivity index (χ2n) is 4.51. The van der Waals surface area contributed by atoms with E-state index in [2.05, 4.69) is 21.7 Å². The summed E-state index contributed by atoms with van der Waals surface area (Å²) in [6, 6.07) is 5.44. The summed E-state index contributed by atoms with van der Waals surface area (Å²) in [5.74, 6) is -0.192. The Kier molecular flexibility index (Phi) is 4.81. The molecule has 0 fully saturated rings. The average Bonchev–Trinajstić information content (AvgIpc) is 2.91. The molecule has 0 bridgehead atoms. The molecular formula is C14H15N3OS2. The first-order valence-corrected chi connectivity index (χ1v) is 7.49. The summed E-state index contributed by atoms with van der Waals surface area (Å²) in [4.78, 5) is 16.4. The normalized spacial score (nSPS) is 11.8. The Labute approximate surface area is 127 Å². The molecule has 0 aliphatic heterocycles. The largest absolute Gasteiger partial charge is 0.389 e. The summed E-state index contributed by atoms with van der Waals surface area (Å²) < 4.78 is 0. The number of aromatic nitrogens is 1. The Morgan fingerprint density at radius 1 is 1.50 bits per heavy atom. The maximum Gasteiger partial charge on any atom is 0.270 e. The molecule has 2 aromatic heterocycles. The number of carbonyl (C=O) groups excluding carboxylic acids is 1. The lowest BCUT2D eigenvalue weighted by atomic mass is 10.1. The zero-order valence-electron chi connectivity index (χ0n) is 11.0. The smallest absolute Gasteiger partial charge is 0.270 e. The third kappa shape index (κ3) is 3.85. The molecule has 3 N–H and O–H groups in total. The van der Waals surface area contributed by atoms with Crippen LogP contribution in [0.15, 0.2) is 35.2 Å². The van der Waals surface area contributed by atoms with E-state index in [1.54, 1.807) is 23.5 Å². The van der Waals surface area contributed by atoms with Gasteiger partial charge in [0.1, 0.15) is 10.7 Å². The van der Waals surface area contributed by atoms with Gasteiger partial charge in [0.15, 0.2) is 0 Å². The molecule has 0 aromatic carbocycles. The number of amides is 1. The van der Waals surface area contributed by atoms with Crippen LogP contribution < -0.4 is 11.1 Å². The first-order valence-electron chi connectivity index (χ1n) is 6.14. The highest BCUT2D eigenvalue weighted by Gasteiger charge is 2.12. The zero-order chi connectivity index (χ0) is 14.5. The molecule has 0 saturated carbocycles. The van der Waals surface area contributed by atoms with E-state index in [1.807, 2.05) is 12.3 Å². The third-order valence-electron chi connectivity index (χ3n) is 2.78. The minimum atomic E-state index is -0.192. The summed E-state index contributed by atoms with van der Waals surface area (Å²) in [6.07, 6.45) is 2.32. The minimum absolute atomic E-state index is 0.0501. The first kappa shape index (κ1) is 14.6. The van der Waals surface area contributed by atoms with Crippen molar-refractivity contribution in [2.24, 2.45) is 5.73 Å². The van der Waals surface area contributed by atoms with Crippen molar-refractivity contribution < 1.29 is 4.79 Å². The minimum Gasteiger partial charge on any atom is -0.389 e. The third-order valence-corrected chi connectivity index (χ3v) is 3.75. The molecule has 6 heteroatoms. The van der Waals surface area contributed by atoms with Crippen LogP contribution in [0.5, 0.6) is 0 Å². The fraction of sp³-hybridized carbons (Fsp3) is 0.214. The van der Waals surface area contributed by atoms with Gasteiger partial charge in [-0.05, 0) is 47.9 Å². The van der Waals surface area contributed by atoms with Crippen molar-refractivity contribution in [1.29, 1.82) is 0 Å². The molecular weight excluding hydrogens is 290 g/mol. The molecule has 4 nitrogen and oxygen atoms in total.